The molecule has 72 valence electrons. The molecular formula is C12H18O. The summed E-state index contributed by atoms with van der Waals surface area (Å²) < 4.78 is 5.56. The Morgan fingerprint density at radius 3 is 2.54 bits per heavy atom. The van der Waals surface area contributed by atoms with Crippen LogP contribution in [0.1, 0.15) is 38.5 Å². The second-order valence-corrected chi connectivity index (χ2v) is 3.90. The molecule has 0 aromatic rings. The van der Waals surface area contributed by atoms with Crippen molar-refractivity contribution in [2.24, 2.45) is 0 Å². The quantitative estimate of drug-likeness (QED) is 0.410. The lowest BCUT2D eigenvalue weighted by molar-refractivity contribution is 0.361. The van der Waals surface area contributed by atoms with Gasteiger partial charge in [0.1, 0.15) is 0 Å². The van der Waals surface area contributed by atoms with Gasteiger partial charge in [-0.2, -0.15) is 0 Å². The van der Waals surface area contributed by atoms with Crippen molar-refractivity contribution in [3.05, 3.63) is 24.3 Å². The number of fused-ring (bicyclic) bond motifs is 1. The van der Waals surface area contributed by atoms with E-state index in [0.29, 0.717) is 12.2 Å². The Labute approximate surface area is 80.5 Å². The predicted octanol–water partition coefficient (Wildman–Crippen LogP) is 3.22. The van der Waals surface area contributed by atoms with E-state index in [1.54, 1.807) is 0 Å². The highest BCUT2D eigenvalue weighted by atomic mass is 16.6. The summed E-state index contributed by atoms with van der Waals surface area (Å²) in [7, 11) is 0. The molecule has 0 saturated carbocycles. The SMILES string of the molecule is C1=C\CCCC2OC2C/C=C\CC/1. The van der Waals surface area contributed by atoms with Crippen molar-refractivity contribution >= 4 is 0 Å². The normalized spacial score (nSPS) is 39.4. The average Bonchev–Trinajstić information content (AvgIpc) is 2.83. The summed E-state index contributed by atoms with van der Waals surface area (Å²) >= 11 is 0. The summed E-state index contributed by atoms with van der Waals surface area (Å²) in [6, 6.07) is 0. The molecule has 0 spiro atoms. The lowest BCUT2D eigenvalue weighted by Gasteiger charge is -1.94. The Hall–Kier alpha value is -0.560. The molecule has 0 amide bonds. The molecule has 0 N–H and O–H groups in total. The summed E-state index contributed by atoms with van der Waals surface area (Å²) in [6.07, 6.45) is 17.6. The van der Waals surface area contributed by atoms with Crippen LogP contribution in [0.2, 0.25) is 0 Å². The highest BCUT2D eigenvalue weighted by Gasteiger charge is 2.36. The zero-order valence-corrected chi connectivity index (χ0v) is 8.11. The van der Waals surface area contributed by atoms with Gasteiger partial charge in [-0.05, 0) is 38.5 Å². The van der Waals surface area contributed by atoms with Crippen LogP contribution in [0.4, 0.5) is 0 Å². The van der Waals surface area contributed by atoms with Crippen molar-refractivity contribution in [1.29, 1.82) is 0 Å². The Bertz CT molecular complexity index is 205. The third kappa shape index (κ3) is 3.00. The van der Waals surface area contributed by atoms with Crippen LogP contribution in [0.25, 0.3) is 0 Å². The van der Waals surface area contributed by atoms with E-state index in [1.807, 2.05) is 0 Å². The molecule has 2 rings (SSSR count). The summed E-state index contributed by atoms with van der Waals surface area (Å²) in [5.74, 6) is 0. The van der Waals surface area contributed by atoms with Crippen LogP contribution >= 0.6 is 0 Å². The van der Waals surface area contributed by atoms with Crippen LogP contribution in [-0.2, 0) is 4.74 Å². The fourth-order valence-corrected chi connectivity index (χ4v) is 1.85. The van der Waals surface area contributed by atoms with Crippen LogP contribution in [0, 0.1) is 0 Å². The van der Waals surface area contributed by atoms with Gasteiger partial charge in [-0.3, -0.25) is 0 Å². The first-order valence-electron chi connectivity index (χ1n) is 5.42. The lowest BCUT2D eigenvalue weighted by atomic mass is 10.1. The van der Waals surface area contributed by atoms with Crippen molar-refractivity contribution in [3.8, 4) is 0 Å². The molecular weight excluding hydrogens is 160 g/mol. The fraction of sp³-hybridized carbons (Fsp3) is 0.667. The molecule has 2 unspecified atom stereocenters. The molecule has 1 aliphatic carbocycles. The average molecular weight is 178 g/mol. The second-order valence-electron chi connectivity index (χ2n) is 3.90. The fourth-order valence-electron chi connectivity index (χ4n) is 1.85. The highest BCUT2D eigenvalue weighted by Crippen LogP contribution is 2.30. The molecule has 1 aliphatic heterocycles. The minimum atomic E-state index is 0.555. The zero-order valence-electron chi connectivity index (χ0n) is 8.11. The maximum Gasteiger partial charge on any atom is 0.0876 e. The number of ether oxygens (including phenoxy) is 1. The molecule has 1 heteroatoms. The molecule has 1 heterocycles. The van der Waals surface area contributed by atoms with Gasteiger partial charge in [0.2, 0.25) is 0 Å². The van der Waals surface area contributed by atoms with Gasteiger partial charge in [-0.1, -0.05) is 24.3 Å². The molecule has 13 heavy (non-hydrogen) atoms. The second kappa shape index (κ2) is 4.61. The maximum atomic E-state index is 5.56. The van der Waals surface area contributed by atoms with Crippen LogP contribution in [0.5, 0.6) is 0 Å². The van der Waals surface area contributed by atoms with Gasteiger partial charge in [0.05, 0.1) is 12.2 Å². The van der Waals surface area contributed by atoms with E-state index in [9.17, 15) is 0 Å². The van der Waals surface area contributed by atoms with Crippen molar-refractivity contribution in [2.75, 3.05) is 0 Å². The van der Waals surface area contributed by atoms with E-state index in [-0.39, 0.29) is 0 Å². The number of rotatable bonds is 0. The topological polar surface area (TPSA) is 12.5 Å². The third-order valence-corrected chi connectivity index (χ3v) is 2.75. The summed E-state index contributed by atoms with van der Waals surface area (Å²) in [6.45, 7) is 0. The van der Waals surface area contributed by atoms with E-state index in [0.717, 1.165) is 6.42 Å². The Morgan fingerprint density at radius 2 is 1.62 bits per heavy atom. The van der Waals surface area contributed by atoms with Crippen LogP contribution in [0.15, 0.2) is 24.3 Å². The molecule has 2 atom stereocenters. The minimum Gasteiger partial charge on any atom is -0.369 e. The number of hydrogen-bond donors (Lipinski definition) is 0. The summed E-state index contributed by atoms with van der Waals surface area (Å²) in [5, 5.41) is 0. The van der Waals surface area contributed by atoms with E-state index in [4.69, 9.17) is 4.74 Å². The van der Waals surface area contributed by atoms with E-state index in [2.05, 4.69) is 24.3 Å². The van der Waals surface area contributed by atoms with Crippen molar-refractivity contribution in [1.82, 2.24) is 0 Å². The molecule has 2 aliphatic rings. The first-order valence-corrected chi connectivity index (χ1v) is 5.42. The highest BCUT2D eigenvalue weighted by molar-refractivity contribution is 4.96. The molecule has 0 bridgehead atoms. The van der Waals surface area contributed by atoms with Crippen LogP contribution in [-0.4, -0.2) is 12.2 Å². The first-order chi connectivity index (χ1) is 6.47. The summed E-state index contributed by atoms with van der Waals surface area (Å²) in [5.41, 5.74) is 0. The van der Waals surface area contributed by atoms with Gasteiger partial charge in [0.25, 0.3) is 0 Å². The lowest BCUT2D eigenvalue weighted by Crippen LogP contribution is -1.92. The van der Waals surface area contributed by atoms with Gasteiger partial charge in [0, 0.05) is 0 Å². The molecule has 0 aromatic carbocycles. The standard InChI is InChI=1S/C12H18O/c1-2-4-6-8-10-12-11(13-12)9-7-5-3-1/h1,3,6,8,11-12H,2,4-5,7,9-10H2/b3-1-,8-6-. The molecule has 0 radical (unpaired) electrons. The van der Waals surface area contributed by atoms with Crippen LogP contribution < -0.4 is 0 Å². The maximum absolute atomic E-state index is 5.56. The van der Waals surface area contributed by atoms with Crippen molar-refractivity contribution in [2.45, 2.75) is 50.7 Å². The Balaban J connectivity index is 1.80. The predicted molar refractivity (Wildman–Crippen MR) is 54.6 cm³/mol. The van der Waals surface area contributed by atoms with E-state index < -0.39 is 0 Å². The molecule has 1 saturated heterocycles. The van der Waals surface area contributed by atoms with Gasteiger partial charge in [-0.25, -0.2) is 0 Å². The Morgan fingerprint density at radius 1 is 0.846 bits per heavy atom. The zero-order chi connectivity index (χ0) is 8.93. The van der Waals surface area contributed by atoms with Crippen molar-refractivity contribution < 1.29 is 4.74 Å². The number of allylic oxidation sites excluding steroid dienone is 3. The van der Waals surface area contributed by atoms with Gasteiger partial charge in [0.15, 0.2) is 0 Å². The molecule has 1 fully saturated rings. The molecule has 0 aromatic heterocycles. The van der Waals surface area contributed by atoms with E-state index >= 15 is 0 Å². The first kappa shape index (κ1) is 9.01. The minimum absolute atomic E-state index is 0.555. The van der Waals surface area contributed by atoms with Crippen LogP contribution in [0.3, 0.4) is 0 Å². The summed E-state index contributed by atoms with van der Waals surface area (Å²) in [4.78, 5) is 0. The Kier molecular flexibility index (Phi) is 3.20. The monoisotopic (exact) mass is 178 g/mol. The largest absolute Gasteiger partial charge is 0.369 e. The smallest absolute Gasteiger partial charge is 0.0876 e. The number of hydrogen-bond acceptors (Lipinski definition) is 1. The third-order valence-electron chi connectivity index (χ3n) is 2.75. The number of epoxide rings is 1. The van der Waals surface area contributed by atoms with Gasteiger partial charge in [-0.15, -0.1) is 0 Å². The van der Waals surface area contributed by atoms with Gasteiger partial charge >= 0.3 is 0 Å². The van der Waals surface area contributed by atoms with E-state index in [1.165, 1.54) is 32.1 Å². The van der Waals surface area contributed by atoms with Crippen molar-refractivity contribution in [3.63, 3.8) is 0 Å². The van der Waals surface area contributed by atoms with Gasteiger partial charge < -0.3 is 4.74 Å². The molecule has 1 nitrogen and oxygen atoms in total.